The summed E-state index contributed by atoms with van der Waals surface area (Å²) in [7, 11) is 1.40. The summed E-state index contributed by atoms with van der Waals surface area (Å²) in [5, 5.41) is 6.42. The molecule has 0 atom stereocenters. The molecule has 1 aromatic heterocycles. The fourth-order valence-electron chi connectivity index (χ4n) is 1.59. The third-order valence-corrected chi connectivity index (χ3v) is 3.58. The smallest absolute Gasteiger partial charge is 0.311 e. The molecule has 1 N–H and O–H groups in total. The number of unbranched alkanes of at least 4 members (excludes halogenated alkanes) is 2. The average molecular weight is 270 g/mol. The number of nitrogens with zero attached hydrogens (tertiary/aromatic N) is 1. The zero-order valence-corrected chi connectivity index (χ0v) is 12.0. The lowest BCUT2D eigenvalue weighted by molar-refractivity contribution is -0.139. The lowest BCUT2D eigenvalue weighted by atomic mass is 10.2. The fraction of sp³-hybridized carbons (Fsp3) is 0.692. The van der Waals surface area contributed by atoms with Crippen molar-refractivity contribution in [2.45, 2.75) is 39.0 Å². The summed E-state index contributed by atoms with van der Waals surface area (Å²) < 4.78 is 4.61. The van der Waals surface area contributed by atoms with E-state index in [0.717, 1.165) is 30.2 Å². The van der Waals surface area contributed by atoms with Crippen molar-refractivity contribution in [1.82, 2.24) is 10.3 Å². The van der Waals surface area contributed by atoms with E-state index in [4.69, 9.17) is 0 Å². The number of thiazole rings is 1. The van der Waals surface area contributed by atoms with Gasteiger partial charge in [-0.3, -0.25) is 4.79 Å². The number of esters is 1. The minimum Gasteiger partial charge on any atom is -0.469 e. The molecule has 0 unspecified atom stereocenters. The standard InChI is InChI=1S/C13H22N2O2S/c1-3-4-5-7-14-8-6-12-15-11(10-18-12)9-13(16)17-2/h10,14H,3-9H2,1-2H3. The van der Waals surface area contributed by atoms with Crippen LogP contribution in [-0.2, 0) is 22.4 Å². The van der Waals surface area contributed by atoms with E-state index < -0.39 is 0 Å². The summed E-state index contributed by atoms with van der Waals surface area (Å²) in [5.74, 6) is -0.232. The highest BCUT2D eigenvalue weighted by molar-refractivity contribution is 7.09. The predicted octanol–water partition coefficient (Wildman–Crippen LogP) is 2.18. The van der Waals surface area contributed by atoms with Gasteiger partial charge in [0.25, 0.3) is 0 Å². The number of nitrogens with one attached hydrogen (secondary N) is 1. The third-order valence-electron chi connectivity index (χ3n) is 2.63. The molecule has 1 rings (SSSR count). The summed E-state index contributed by atoms with van der Waals surface area (Å²) in [6.45, 7) is 4.24. The molecule has 0 aromatic carbocycles. The zero-order chi connectivity index (χ0) is 13.2. The Balaban J connectivity index is 2.17. The van der Waals surface area contributed by atoms with E-state index in [1.165, 1.54) is 26.4 Å². The Morgan fingerprint density at radius 2 is 2.28 bits per heavy atom. The van der Waals surface area contributed by atoms with Crippen LogP contribution in [-0.4, -0.2) is 31.2 Å². The van der Waals surface area contributed by atoms with Gasteiger partial charge in [0, 0.05) is 18.3 Å². The number of hydrogen-bond acceptors (Lipinski definition) is 5. The predicted molar refractivity (Wildman–Crippen MR) is 73.9 cm³/mol. The summed E-state index contributed by atoms with van der Waals surface area (Å²) in [4.78, 5) is 15.5. The number of rotatable bonds is 9. The van der Waals surface area contributed by atoms with E-state index in [-0.39, 0.29) is 12.4 Å². The first-order chi connectivity index (χ1) is 8.76. The fourth-order valence-corrected chi connectivity index (χ4v) is 2.38. The lowest BCUT2D eigenvalue weighted by Crippen LogP contribution is -2.18. The van der Waals surface area contributed by atoms with E-state index in [1.54, 1.807) is 11.3 Å². The van der Waals surface area contributed by atoms with Crippen LogP contribution < -0.4 is 5.32 Å². The van der Waals surface area contributed by atoms with Crippen molar-refractivity contribution in [3.05, 3.63) is 16.1 Å². The Kier molecular flexibility index (Phi) is 7.60. The molecule has 102 valence electrons. The number of aromatic nitrogens is 1. The second kappa shape index (κ2) is 9.05. The molecule has 18 heavy (non-hydrogen) atoms. The molecule has 4 nitrogen and oxygen atoms in total. The highest BCUT2D eigenvalue weighted by Crippen LogP contribution is 2.11. The van der Waals surface area contributed by atoms with E-state index in [1.807, 2.05) is 5.38 Å². The highest BCUT2D eigenvalue weighted by Gasteiger charge is 2.07. The molecule has 0 aliphatic carbocycles. The quantitative estimate of drug-likeness (QED) is 0.552. The topological polar surface area (TPSA) is 51.2 Å². The minimum atomic E-state index is -0.232. The van der Waals surface area contributed by atoms with Gasteiger partial charge in [-0.25, -0.2) is 4.98 Å². The maximum atomic E-state index is 11.1. The molecule has 0 aliphatic rings. The second-order valence-corrected chi connectivity index (χ2v) is 5.14. The molecule has 1 aromatic rings. The van der Waals surface area contributed by atoms with E-state index in [9.17, 15) is 4.79 Å². The molecule has 0 aliphatic heterocycles. The van der Waals surface area contributed by atoms with Crippen LogP contribution in [0, 0.1) is 0 Å². The molecule has 0 saturated carbocycles. The molecular weight excluding hydrogens is 248 g/mol. The summed E-state index contributed by atoms with van der Waals surface area (Å²) in [6.07, 6.45) is 4.98. The number of carbonyl (C=O) groups excluding carboxylic acids is 1. The second-order valence-electron chi connectivity index (χ2n) is 4.19. The van der Waals surface area contributed by atoms with Crippen LogP contribution in [0.15, 0.2) is 5.38 Å². The molecule has 0 spiro atoms. The Labute approximate surface area is 113 Å². The van der Waals surface area contributed by atoms with Crippen LogP contribution in [0.1, 0.15) is 36.9 Å². The van der Waals surface area contributed by atoms with Gasteiger partial charge in [-0.15, -0.1) is 11.3 Å². The molecule has 0 amide bonds. The monoisotopic (exact) mass is 270 g/mol. The number of ether oxygens (including phenoxy) is 1. The van der Waals surface area contributed by atoms with Crippen LogP contribution in [0.25, 0.3) is 0 Å². The lowest BCUT2D eigenvalue weighted by Gasteiger charge is -2.01. The minimum absolute atomic E-state index is 0.232. The van der Waals surface area contributed by atoms with Crippen molar-refractivity contribution in [1.29, 1.82) is 0 Å². The first-order valence-electron chi connectivity index (χ1n) is 6.47. The Morgan fingerprint density at radius 1 is 1.44 bits per heavy atom. The van der Waals surface area contributed by atoms with Crippen molar-refractivity contribution in [3.8, 4) is 0 Å². The summed E-state index contributed by atoms with van der Waals surface area (Å²) >= 11 is 1.61. The van der Waals surface area contributed by atoms with Crippen LogP contribution in [0.5, 0.6) is 0 Å². The van der Waals surface area contributed by atoms with Crippen LogP contribution in [0.4, 0.5) is 0 Å². The van der Waals surface area contributed by atoms with Gasteiger partial charge in [0.2, 0.25) is 0 Å². The van der Waals surface area contributed by atoms with Gasteiger partial charge < -0.3 is 10.1 Å². The van der Waals surface area contributed by atoms with Gasteiger partial charge in [0.05, 0.1) is 24.2 Å². The zero-order valence-electron chi connectivity index (χ0n) is 11.2. The van der Waals surface area contributed by atoms with Gasteiger partial charge in [-0.2, -0.15) is 0 Å². The third kappa shape index (κ3) is 6.12. The molecule has 0 fully saturated rings. The van der Waals surface area contributed by atoms with Gasteiger partial charge in [-0.05, 0) is 13.0 Å². The summed E-state index contributed by atoms with van der Waals surface area (Å²) in [6, 6.07) is 0. The highest BCUT2D eigenvalue weighted by atomic mass is 32.1. The number of hydrogen-bond donors (Lipinski definition) is 1. The Morgan fingerprint density at radius 3 is 3.00 bits per heavy atom. The van der Waals surface area contributed by atoms with Gasteiger partial charge >= 0.3 is 5.97 Å². The first kappa shape index (κ1) is 15.1. The number of carbonyl (C=O) groups is 1. The molecule has 5 heteroatoms. The molecule has 0 radical (unpaired) electrons. The van der Waals surface area contributed by atoms with Crippen LogP contribution >= 0.6 is 11.3 Å². The molecule has 0 saturated heterocycles. The summed E-state index contributed by atoms with van der Waals surface area (Å²) in [5.41, 5.74) is 0.813. The van der Waals surface area contributed by atoms with Gasteiger partial charge in [-0.1, -0.05) is 19.8 Å². The van der Waals surface area contributed by atoms with Crippen molar-refractivity contribution in [2.24, 2.45) is 0 Å². The largest absolute Gasteiger partial charge is 0.469 e. The molecule has 0 bridgehead atoms. The normalized spacial score (nSPS) is 10.6. The van der Waals surface area contributed by atoms with Gasteiger partial charge in [0.1, 0.15) is 0 Å². The van der Waals surface area contributed by atoms with Crippen molar-refractivity contribution in [2.75, 3.05) is 20.2 Å². The molecule has 1 heterocycles. The Bertz CT molecular complexity index is 353. The van der Waals surface area contributed by atoms with Crippen LogP contribution in [0.2, 0.25) is 0 Å². The van der Waals surface area contributed by atoms with E-state index >= 15 is 0 Å². The maximum Gasteiger partial charge on any atom is 0.311 e. The number of methoxy groups -OCH3 is 1. The van der Waals surface area contributed by atoms with Gasteiger partial charge in [0.15, 0.2) is 0 Å². The average Bonchev–Trinajstić information content (AvgIpc) is 2.81. The maximum absolute atomic E-state index is 11.1. The molecular formula is C13H22N2O2S. The first-order valence-corrected chi connectivity index (χ1v) is 7.35. The van der Waals surface area contributed by atoms with E-state index in [2.05, 4.69) is 22.0 Å². The van der Waals surface area contributed by atoms with Crippen LogP contribution in [0.3, 0.4) is 0 Å². The Hall–Kier alpha value is -0.940. The van der Waals surface area contributed by atoms with Crippen molar-refractivity contribution in [3.63, 3.8) is 0 Å². The van der Waals surface area contributed by atoms with Crippen molar-refractivity contribution >= 4 is 17.3 Å². The van der Waals surface area contributed by atoms with Crippen molar-refractivity contribution < 1.29 is 9.53 Å². The van der Waals surface area contributed by atoms with E-state index in [0.29, 0.717) is 0 Å². The SMILES string of the molecule is CCCCCNCCc1nc(CC(=O)OC)cs1.